The first-order chi connectivity index (χ1) is 13.4. The number of rotatable bonds is 5. The van der Waals surface area contributed by atoms with Crippen molar-refractivity contribution in [2.45, 2.75) is 58.2 Å². The molecule has 4 atom stereocenters. The summed E-state index contributed by atoms with van der Waals surface area (Å²) in [7, 11) is 0. The standard InChI is InChI=1S/C22H31N5O/c1-22(2,3)20-15-27(25-24-20)13-18-11-17-9-10-26(18)14-19(17)21(28)23-12-16-7-5-4-6-8-16/h4-8,15,17-19H,9-14H2,1-3H3,(H,23,28)/p+1/t17-,18-,19+/m1/s1. The van der Waals surface area contributed by atoms with Crippen LogP contribution in [-0.4, -0.2) is 40.0 Å². The minimum atomic E-state index is 0.0267. The molecule has 6 nitrogen and oxygen atoms in total. The molecule has 0 aliphatic carbocycles. The van der Waals surface area contributed by atoms with E-state index in [1.54, 1.807) is 4.90 Å². The summed E-state index contributed by atoms with van der Waals surface area (Å²) in [4.78, 5) is 14.3. The lowest BCUT2D eigenvalue weighted by molar-refractivity contribution is -0.945. The highest BCUT2D eigenvalue weighted by molar-refractivity contribution is 5.79. The molecule has 2 aromatic rings. The Bertz CT molecular complexity index is 810. The van der Waals surface area contributed by atoms with Gasteiger partial charge in [-0.25, -0.2) is 4.68 Å². The van der Waals surface area contributed by atoms with Gasteiger partial charge < -0.3 is 10.2 Å². The number of hydrogen-bond donors (Lipinski definition) is 2. The van der Waals surface area contributed by atoms with Crippen molar-refractivity contribution in [2.75, 3.05) is 13.1 Å². The van der Waals surface area contributed by atoms with E-state index in [4.69, 9.17) is 0 Å². The zero-order valence-electron chi connectivity index (χ0n) is 17.2. The average Bonchev–Trinajstić information content (AvgIpc) is 3.16. The quantitative estimate of drug-likeness (QED) is 0.816. The molecule has 150 valence electrons. The van der Waals surface area contributed by atoms with Gasteiger partial charge in [0.05, 0.1) is 31.2 Å². The lowest BCUT2D eigenvalue weighted by Gasteiger charge is -2.46. The summed E-state index contributed by atoms with van der Waals surface area (Å²) in [5.41, 5.74) is 2.22. The molecule has 2 bridgehead atoms. The fraction of sp³-hybridized carbons (Fsp3) is 0.591. The van der Waals surface area contributed by atoms with E-state index in [1.807, 2.05) is 22.9 Å². The maximum Gasteiger partial charge on any atom is 0.229 e. The van der Waals surface area contributed by atoms with Crippen LogP contribution in [0.25, 0.3) is 0 Å². The maximum atomic E-state index is 12.8. The topological polar surface area (TPSA) is 64.2 Å². The fourth-order valence-electron chi connectivity index (χ4n) is 4.69. The van der Waals surface area contributed by atoms with Gasteiger partial charge >= 0.3 is 0 Å². The third-order valence-corrected chi connectivity index (χ3v) is 6.41. The molecular formula is C22H32N5O+. The van der Waals surface area contributed by atoms with Crippen LogP contribution in [0.5, 0.6) is 0 Å². The SMILES string of the molecule is CC(C)(C)c1cn(C[C@H]2C[C@H]3CC[NH+]2C[C@@H]3C(=O)NCc2ccccc2)nn1. The first-order valence-electron chi connectivity index (χ1n) is 10.5. The molecule has 6 heteroatoms. The number of nitrogens with zero attached hydrogens (tertiary/aromatic N) is 3. The molecule has 0 saturated carbocycles. The number of nitrogens with one attached hydrogen (secondary N) is 2. The van der Waals surface area contributed by atoms with Crippen molar-refractivity contribution < 1.29 is 9.69 Å². The Morgan fingerprint density at radius 3 is 2.71 bits per heavy atom. The molecule has 28 heavy (non-hydrogen) atoms. The number of hydrogen-bond acceptors (Lipinski definition) is 3. The Hall–Kier alpha value is -2.21. The van der Waals surface area contributed by atoms with Gasteiger partial charge in [0.15, 0.2) is 0 Å². The third-order valence-electron chi connectivity index (χ3n) is 6.41. The van der Waals surface area contributed by atoms with E-state index < -0.39 is 0 Å². The van der Waals surface area contributed by atoms with Gasteiger partial charge in [-0.3, -0.25) is 4.79 Å². The molecular weight excluding hydrogens is 350 g/mol. The first kappa shape index (κ1) is 19.1. The second-order valence-electron chi connectivity index (χ2n) is 9.48. The highest BCUT2D eigenvalue weighted by Crippen LogP contribution is 2.28. The van der Waals surface area contributed by atoms with E-state index in [9.17, 15) is 4.79 Å². The van der Waals surface area contributed by atoms with Crippen LogP contribution in [0.2, 0.25) is 0 Å². The van der Waals surface area contributed by atoms with Crippen molar-refractivity contribution in [3.63, 3.8) is 0 Å². The van der Waals surface area contributed by atoms with Gasteiger partial charge in [-0.05, 0) is 11.5 Å². The monoisotopic (exact) mass is 382 g/mol. The van der Waals surface area contributed by atoms with E-state index in [2.05, 4.69) is 54.7 Å². The summed E-state index contributed by atoms with van der Waals surface area (Å²) in [5, 5.41) is 11.9. The number of carbonyl (C=O) groups excluding carboxylic acids is 1. The van der Waals surface area contributed by atoms with Crippen molar-refractivity contribution in [3.05, 3.63) is 47.8 Å². The number of fused-ring (bicyclic) bond motifs is 3. The predicted molar refractivity (Wildman–Crippen MR) is 108 cm³/mol. The van der Waals surface area contributed by atoms with Crippen molar-refractivity contribution in [2.24, 2.45) is 11.8 Å². The molecule has 0 radical (unpaired) electrons. The van der Waals surface area contributed by atoms with E-state index in [0.29, 0.717) is 18.5 Å². The molecule has 3 aliphatic rings. The molecule has 3 aliphatic heterocycles. The van der Waals surface area contributed by atoms with E-state index in [0.717, 1.165) is 37.2 Å². The number of benzene rings is 1. The summed E-state index contributed by atoms with van der Waals surface area (Å²) in [5.74, 6) is 0.855. The van der Waals surface area contributed by atoms with Crippen LogP contribution in [-0.2, 0) is 23.3 Å². The van der Waals surface area contributed by atoms with E-state index in [-0.39, 0.29) is 17.2 Å². The molecule has 3 fully saturated rings. The van der Waals surface area contributed by atoms with Crippen molar-refractivity contribution >= 4 is 5.91 Å². The Balaban J connectivity index is 1.34. The van der Waals surface area contributed by atoms with Crippen LogP contribution >= 0.6 is 0 Å². The normalized spacial score (nSPS) is 27.0. The van der Waals surface area contributed by atoms with Gasteiger partial charge in [0.2, 0.25) is 5.91 Å². The summed E-state index contributed by atoms with van der Waals surface area (Å²) in [6.07, 6.45) is 4.34. The number of aromatic nitrogens is 3. The van der Waals surface area contributed by atoms with Gasteiger partial charge in [0, 0.05) is 31.0 Å². The number of amides is 1. The lowest BCUT2D eigenvalue weighted by atomic mass is 9.75. The molecule has 3 saturated heterocycles. The van der Waals surface area contributed by atoms with Crippen LogP contribution in [0, 0.1) is 11.8 Å². The summed E-state index contributed by atoms with van der Waals surface area (Å²) < 4.78 is 2.00. The van der Waals surface area contributed by atoms with Gasteiger partial charge in [0.1, 0.15) is 6.04 Å². The van der Waals surface area contributed by atoms with Crippen molar-refractivity contribution in [3.8, 4) is 0 Å². The summed E-state index contributed by atoms with van der Waals surface area (Å²) in [6.45, 7) is 10.1. The molecule has 4 heterocycles. The Labute approximate surface area is 167 Å². The summed E-state index contributed by atoms with van der Waals surface area (Å²) >= 11 is 0. The van der Waals surface area contributed by atoms with E-state index in [1.165, 1.54) is 6.54 Å². The number of carbonyl (C=O) groups is 1. The van der Waals surface area contributed by atoms with Gasteiger partial charge in [-0.2, -0.15) is 0 Å². The minimum Gasteiger partial charge on any atom is -0.352 e. The van der Waals surface area contributed by atoms with Crippen LogP contribution in [0.3, 0.4) is 0 Å². The van der Waals surface area contributed by atoms with Crippen LogP contribution < -0.4 is 10.2 Å². The minimum absolute atomic E-state index is 0.0267. The lowest BCUT2D eigenvalue weighted by Crippen LogP contribution is -3.20. The fourth-order valence-corrected chi connectivity index (χ4v) is 4.69. The highest BCUT2D eigenvalue weighted by atomic mass is 16.1. The molecule has 1 aromatic heterocycles. The first-order valence-corrected chi connectivity index (χ1v) is 10.5. The zero-order valence-corrected chi connectivity index (χ0v) is 17.2. The number of piperidine rings is 3. The average molecular weight is 383 g/mol. The summed E-state index contributed by atoms with van der Waals surface area (Å²) in [6, 6.07) is 10.7. The second kappa shape index (κ2) is 7.66. The van der Waals surface area contributed by atoms with Crippen molar-refractivity contribution in [1.82, 2.24) is 20.3 Å². The second-order valence-corrected chi connectivity index (χ2v) is 9.48. The third kappa shape index (κ3) is 4.12. The largest absolute Gasteiger partial charge is 0.352 e. The van der Waals surface area contributed by atoms with Crippen LogP contribution in [0.4, 0.5) is 0 Å². The van der Waals surface area contributed by atoms with Gasteiger partial charge in [0.25, 0.3) is 0 Å². The molecule has 0 spiro atoms. The molecule has 1 aromatic carbocycles. The molecule has 2 N–H and O–H groups in total. The Morgan fingerprint density at radius 2 is 2.07 bits per heavy atom. The number of quaternary nitrogens is 1. The van der Waals surface area contributed by atoms with Gasteiger partial charge in [-0.1, -0.05) is 56.3 Å². The van der Waals surface area contributed by atoms with Crippen LogP contribution in [0.1, 0.15) is 44.9 Å². The van der Waals surface area contributed by atoms with Crippen LogP contribution in [0.15, 0.2) is 36.5 Å². The maximum absolute atomic E-state index is 12.8. The van der Waals surface area contributed by atoms with E-state index >= 15 is 0 Å². The van der Waals surface area contributed by atoms with Crippen molar-refractivity contribution in [1.29, 1.82) is 0 Å². The highest BCUT2D eigenvalue weighted by Gasteiger charge is 2.46. The van der Waals surface area contributed by atoms with Gasteiger partial charge in [-0.15, -0.1) is 5.10 Å². The molecule has 1 unspecified atom stereocenters. The molecule has 5 rings (SSSR count). The smallest absolute Gasteiger partial charge is 0.229 e. The predicted octanol–water partition coefficient (Wildman–Crippen LogP) is 1.19. The Kier molecular flexibility index (Phi) is 5.23. The zero-order chi connectivity index (χ0) is 19.7. The molecule has 1 amide bonds. The Morgan fingerprint density at radius 1 is 1.29 bits per heavy atom.